The summed E-state index contributed by atoms with van der Waals surface area (Å²) in [7, 11) is 0. The van der Waals surface area contributed by atoms with Gasteiger partial charge in [-0.25, -0.2) is 4.98 Å². The zero-order chi connectivity index (χ0) is 34.2. The lowest BCUT2D eigenvalue weighted by Gasteiger charge is -2.70. The molecule has 1 atom stereocenters. The second kappa shape index (κ2) is 11.3. The molecule has 13 nitrogen and oxygen atoms in total. The van der Waals surface area contributed by atoms with Gasteiger partial charge in [0, 0.05) is 43.5 Å². The minimum Gasteiger partial charge on any atom is -0.385 e. The first-order chi connectivity index (χ1) is 24.2. The number of aromatic nitrogens is 4. The number of hydrogen-bond acceptors (Lipinski definition) is 9. The Balaban J connectivity index is 0.751. The van der Waals surface area contributed by atoms with Gasteiger partial charge in [-0.05, 0) is 80.7 Å². The van der Waals surface area contributed by atoms with Crippen LogP contribution in [0.2, 0.25) is 0 Å². The van der Waals surface area contributed by atoms with E-state index in [1.165, 1.54) is 0 Å². The number of nitrogens with zero attached hydrogens (tertiary/aromatic N) is 6. The van der Waals surface area contributed by atoms with Crippen LogP contribution in [0.5, 0.6) is 0 Å². The molecule has 2 N–H and O–H groups in total. The first-order valence-corrected chi connectivity index (χ1v) is 17.4. The number of likely N-dealkylation sites (tertiary alicyclic amines) is 1. The highest BCUT2D eigenvalue weighted by molar-refractivity contribution is 6.23. The topological polar surface area (TPSA) is 159 Å². The summed E-state index contributed by atoms with van der Waals surface area (Å²) in [6, 6.07) is 12.1. The van der Waals surface area contributed by atoms with Gasteiger partial charge in [0.2, 0.25) is 17.7 Å². The van der Waals surface area contributed by atoms with Crippen LogP contribution in [0, 0.1) is 10.8 Å². The lowest BCUT2D eigenvalue weighted by Crippen LogP contribution is -2.68. The van der Waals surface area contributed by atoms with Gasteiger partial charge in [0.05, 0.1) is 51.7 Å². The molecule has 1 unspecified atom stereocenters. The maximum atomic E-state index is 13.6. The van der Waals surface area contributed by atoms with Crippen LogP contribution < -0.4 is 10.6 Å². The number of carbonyl (C=O) groups excluding carboxylic acids is 5. The van der Waals surface area contributed by atoms with E-state index >= 15 is 0 Å². The zero-order valence-electron chi connectivity index (χ0n) is 27.4. The Kier molecular flexibility index (Phi) is 6.91. The summed E-state index contributed by atoms with van der Waals surface area (Å²) >= 11 is 0. The summed E-state index contributed by atoms with van der Waals surface area (Å²) in [5.74, 6) is -1.76. The van der Waals surface area contributed by atoms with Crippen molar-refractivity contribution in [2.75, 3.05) is 25.0 Å². The Morgan fingerprint density at radius 2 is 1.68 bits per heavy atom. The fraction of sp³-hybridized carbons (Fsp3) is 0.405. The summed E-state index contributed by atoms with van der Waals surface area (Å²) in [6.45, 7) is 2.14. The first kappa shape index (κ1) is 30.6. The van der Waals surface area contributed by atoms with E-state index in [1.54, 1.807) is 24.4 Å². The summed E-state index contributed by atoms with van der Waals surface area (Å²) < 4.78 is 2.01. The highest BCUT2D eigenvalue weighted by Crippen LogP contribution is 2.75. The van der Waals surface area contributed by atoms with E-state index in [-0.39, 0.29) is 40.8 Å². The highest BCUT2D eigenvalue weighted by Gasteiger charge is 2.71. The number of anilines is 1. The van der Waals surface area contributed by atoms with Crippen LogP contribution in [0.25, 0.3) is 22.3 Å². The van der Waals surface area contributed by atoms with Gasteiger partial charge in [0.25, 0.3) is 11.8 Å². The molecule has 0 radical (unpaired) electrons. The molecule has 4 aromatic rings. The van der Waals surface area contributed by atoms with Crippen molar-refractivity contribution in [3.8, 4) is 11.3 Å². The van der Waals surface area contributed by atoms with Gasteiger partial charge in [-0.3, -0.25) is 43.9 Å². The number of amides is 5. The molecule has 2 aromatic carbocycles. The number of imide groups is 2. The molecule has 3 aliphatic carbocycles. The number of rotatable bonds is 8. The molecule has 3 aliphatic heterocycles. The van der Waals surface area contributed by atoms with Crippen molar-refractivity contribution in [1.29, 1.82) is 0 Å². The number of piperidine rings is 2. The molecule has 10 rings (SSSR count). The normalized spacial score (nSPS) is 26.0. The van der Waals surface area contributed by atoms with Gasteiger partial charge in [-0.1, -0.05) is 12.1 Å². The molecule has 5 heterocycles. The molecule has 13 heteroatoms. The number of nitrogens with one attached hydrogen (secondary N) is 2. The molecule has 5 fully saturated rings. The Morgan fingerprint density at radius 1 is 0.920 bits per heavy atom. The smallest absolute Gasteiger partial charge is 0.262 e. The Hall–Kier alpha value is -5.46. The molecular weight excluding hydrogens is 636 g/mol. The van der Waals surface area contributed by atoms with E-state index in [9.17, 15) is 24.0 Å². The van der Waals surface area contributed by atoms with Gasteiger partial charge in [0.1, 0.15) is 6.04 Å². The average molecular weight is 673 g/mol. The fourth-order valence-electron chi connectivity index (χ4n) is 8.98. The minimum atomic E-state index is -0.982. The van der Waals surface area contributed by atoms with Crippen molar-refractivity contribution < 1.29 is 24.0 Å². The number of carbonyl (C=O) groups is 5. The summed E-state index contributed by atoms with van der Waals surface area (Å²) in [5.41, 5.74) is 4.65. The molecule has 2 bridgehead atoms. The zero-order valence-corrected chi connectivity index (χ0v) is 27.4. The Bertz CT molecular complexity index is 2100. The number of para-hydroxylation sites is 2. The lowest BCUT2D eigenvalue weighted by molar-refractivity contribution is -0.218. The second-order valence-electron chi connectivity index (χ2n) is 14.7. The third-order valence-electron chi connectivity index (χ3n) is 11.5. The predicted octanol–water partition coefficient (Wildman–Crippen LogP) is 3.73. The van der Waals surface area contributed by atoms with Crippen molar-refractivity contribution in [3.05, 3.63) is 72.2 Å². The molecule has 0 spiro atoms. The van der Waals surface area contributed by atoms with Crippen molar-refractivity contribution in [2.24, 2.45) is 10.8 Å². The van der Waals surface area contributed by atoms with E-state index in [4.69, 9.17) is 4.98 Å². The van der Waals surface area contributed by atoms with Gasteiger partial charge in [-0.15, -0.1) is 0 Å². The predicted molar refractivity (Wildman–Crippen MR) is 181 cm³/mol. The van der Waals surface area contributed by atoms with Crippen molar-refractivity contribution in [1.82, 2.24) is 34.9 Å². The lowest BCUT2D eigenvalue weighted by atomic mass is 9.34. The molecule has 50 heavy (non-hydrogen) atoms. The van der Waals surface area contributed by atoms with E-state index < -0.39 is 29.7 Å². The van der Waals surface area contributed by atoms with Crippen molar-refractivity contribution >= 4 is 46.3 Å². The summed E-state index contributed by atoms with van der Waals surface area (Å²) in [6.07, 6.45) is 11.3. The largest absolute Gasteiger partial charge is 0.385 e. The molecule has 3 saturated carbocycles. The number of benzene rings is 2. The van der Waals surface area contributed by atoms with E-state index in [0.717, 1.165) is 84.5 Å². The summed E-state index contributed by atoms with van der Waals surface area (Å²) in [5, 5.41) is 10.3. The van der Waals surface area contributed by atoms with Crippen LogP contribution in [0.3, 0.4) is 0 Å². The first-order valence-electron chi connectivity index (χ1n) is 17.4. The van der Waals surface area contributed by atoms with Crippen LogP contribution >= 0.6 is 0 Å². The minimum absolute atomic E-state index is 0.0843. The Morgan fingerprint density at radius 3 is 2.46 bits per heavy atom. The quantitative estimate of drug-likeness (QED) is 0.266. The van der Waals surface area contributed by atoms with Crippen LogP contribution in [-0.2, 0) is 14.4 Å². The van der Waals surface area contributed by atoms with Gasteiger partial charge < -0.3 is 10.2 Å². The molecular formula is C37H36N8O5. The van der Waals surface area contributed by atoms with Crippen LogP contribution in [0.1, 0.15) is 78.1 Å². The third kappa shape index (κ3) is 4.89. The van der Waals surface area contributed by atoms with E-state index in [1.807, 2.05) is 41.3 Å². The van der Waals surface area contributed by atoms with Crippen molar-refractivity contribution in [3.63, 3.8) is 0 Å². The Labute approximate surface area is 287 Å². The SMILES string of the molecule is O=C1CCC(N2C(=O)c3ccc(NCCC45CC(C(=O)N6CCC(n7cc(-c8cnc9ccccc9n8)cn7)CC6)(C4)C5)cc3C2=O)C(=O)N1. The van der Waals surface area contributed by atoms with Crippen molar-refractivity contribution in [2.45, 2.75) is 63.5 Å². The second-order valence-corrected chi connectivity index (χ2v) is 14.7. The van der Waals surface area contributed by atoms with E-state index in [0.29, 0.717) is 12.5 Å². The van der Waals surface area contributed by atoms with Gasteiger partial charge in [0.15, 0.2) is 0 Å². The molecule has 2 aromatic heterocycles. The van der Waals surface area contributed by atoms with Gasteiger partial charge in [-0.2, -0.15) is 5.10 Å². The molecule has 254 valence electrons. The average Bonchev–Trinajstić information content (AvgIpc) is 3.68. The molecule has 5 amide bonds. The third-order valence-corrected chi connectivity index (χ3v) is 11.5. The molecule has 6 aliphatic rings. The van der Waals surface area contributed by atoms with E-state index in [2.05, 4.69) is 25.6 Å². The number of fused-ring (bicyclic) bond motifs is 2. The highest BCUT2D eigenvalue weighted by atomic mass is 16.2. The van der Waals surface area contributed by atoms with Gasteiger partial charge >= 0.3 is 0 Å². The van der Waals surface area contributed by atoms with Crippen LogP contribution in [0.4, 0.5) is 5.69 Å². The maximum Gasteiger partial charge on any atom is 0.262 e. The van der Waals surface area contributed by atoms with Crippen LogP contribution in [0.15, 0.2) is 61.1 Å². The van der Waals surface area contributed by atoms with Crippen LogP contribution in [-0.4, -0.2) is 84.8 Å². The monoisotopic (exact) mass is 672 g/mol. The molecule has 2 saturated heterocycles. The maximum absolute atomic E-state index is 13.6. The number of hydrogen-bond donors (Lipinski definition) is 2. The summed E-state index contributed by atoms with van der Waals surface area (Å²) in [4.78, 5) is 76.0. The fourth-order valence-corrected chi connectivity index (χ4v) is 8.98. The standard InChI is InChI=1S/C37H36N8O5/c46-31-8-7-30(32(47)42-31)45-33(48)25-6-5-23(15-26(25)34(45)49)38-12-11-36-19-37(20-36,21-36)35(50)43-13-9-24(10-14-43)44-18-22(16-40-44)29-17-39-27-3-1-2-4-28(27)41-29/h1-6,15-18,24,30,38H,7-14,19-21H2,(H,42,46,47).